The van der Waals surface area contributed by atoms with Gasteiger partial charge in [-0.1, -0.05) is 36.8 Å². The second kappa shape index (κ2) is 8.47. The predicted octanol–water partition coefficient (Wildman–Crippen LogP) is 5.62. The molecular weight excluding hydrogens is 412 g/mol. The molecule has 0 aromatic heterocycles. The van der Waals surface area contributed by atoms with Crippen LogP contribution in [0.5, 0.6) is 0 Å². The summed E-state index contributed by atoms with van der Waals surface area (Å²) in [6.07, 6.45) is 8.55. The van der Waals surface area contributed by atoms with Crippen LogP contribution in [0.3, 0.4) is 0 Å². The van der Waals surface area contributed by atoms with Gasteiger partial charge in [-0.25, -0.2) is 0 Å². The Labute approximate surface area is 196 Å². The van der Waals surface area contributed by atoms with Gasteiger partial charge in [0, 0.05) is 30.9 Å². The third-order valence-corrected chi connectivity index (χ3v) is 9.18. The summed E-state index contributed by atoms with van der Waals surface area (Å²) in [5.41, 5.74) is 6.07. The van der Waals surface area contributed by atoms with Gasteiger partial charge in [0.25, 0.3) is 0 Å². The predicted molar refractivity (Wildman–Crippen MR) is 127 cm³/mol. The lowest BCUT2D eigenvalue weighted by atomic mass is 9.54. The van der Waals surface area contributed by atoms with E-state index >= 15 is 0 Å². The highest BCUT2D eigenvalue weighted by atomic mass is 16.5. The SMILES string of the molecule is COCC(=O)[C@H]1CC[C@H]2[C@@H]3CCC4=CC(=O)C[C@@H](c5ccc(C(C)=O)cc5)C4=C3CC[C@]12C. The van der Waals surface area contributed by atoms with Gasteiger partial charge in [0.05, 0.1) is 0 Å². The van der Waals surface area contributed by atoms with Crippen LogP contribution in [0, 0.1) is 23.2 Å². The summed E-state index contributed by atoms with van der Waals surface area (Å²) in [6.45, 7) is 4.15. The van der Waals surface area contributed by atoms with Crippen LogP contribution in [0.1, 0.15) is 80.6 Å². The Morgan fingerprint density at radius 2 is 1.85 bits per heavy atom. The van der Waals surface area contributed by atoms with Crippen molar-refractivity contribution in [2.45, 2.75) is 64.7 Å². The highest BCUT2D eigenvalue weighted by Crippen LogP contribution is 2.63. The van der Waals surface area contributed by atoms with Gasteiger partial charge >= 0.3 is 0 Å². The average molecular weight is 447 g/mol. The third-order valence-electron chi connectivity index (χ3n) is 9.18. The zero-order chi connectivity index (χ0) is 23.3. The Morgan fingerprint density at radius 1 is 1.09 bits per heavy atom. The average Bonchev–Trinajstić information content (AvgIpc) is 3.15. The van der Waals surface area contributed by atoms with E-state index in [1.165, 1.54) is 11.1 Å². The monoisotopic (exact) mass is 446 g/mol. The Kier molecular flexibility index (Phi) is 5.76. The molecule has 4 aliphatic carbocycles. The molecule has 0 heterocycles. The van der Waals surface area contributed by atoms with Gasteiger partial charge in [0.15, 0.2) is 17.3 Å². The fourth-order valence-corrected chi connectivity index (χ4v) is 7.64. The molecule has 4 nitrogen and oxygen atoms in total. The number of hydrogen-bond donors (Lipinski definition) is 0. The number of carbonyl (C=O) groups is 3. The van der Waals surface area contributed by atoms with Crippen molar-refractivity contribution in [2.24, 2.45) is 23.2 Å². The first-order chi connectivity index (χ1) is 15.8. The molecular formula is C29H34O4. The van der Waals surface area contributed by atoms with Gasteiger partial charge in [-0.2, -0.15) is 0 Å². The van der Waals surface area contributed by atoms with Crippen molar-refractivity contribution in [1.82, 2.24) is 0 Å². The van der Waals surface area contributed by atoms with E-state index in [0.29, 0.717) is 23.8 Å². The van der Waals surface area contributed by atoms with Crippen LogP contribution >= 0.6 is 0 Å². The first-order valence-corrected chi connectivity index (χ1v) is 12.4. The number of Topliss-reactive ketones (excluding diaryl/α,β-unsaturated/α-hetero) is 2. The molecule has 0 spiro atoms. The lowest BCUT2D eigenvalue weighted by Crippen LogP contribution is -2.43. The lowest BCUT2D eigenvalue weighted by Gasteiger charge is -2.49. The summed E-state index contributed by atoms with van der Waals surface area (Å²) in [6, 6.07) is 7.87. The highest BCUT2D eigenvalue weighted by molar-refractivity contribution is 5.95. The molecule has 2 saturated carbocycles. The Bertz CT molecular complexity index is 1060. The van der Waals surface area contributed by atoms with Crippen LogP contribution in [-0.2, 0) is 14.3 Å². The lowest BCUT2D eigenvalue weighted by molar-refractivity contribution is -0.131. The zero-order valence-corrected chi connectivity index (χ0v) is 20.0. The fourth-order valence-electron chi connectivity index (χ4n) is 7.64. The minimum Gasteiger partial charge on any atom is -0.377 e. The van der Waals surface area contributed by atoms with Gasteiger partial charge in [-0.3, -0.25) is 14.4 Å². The number of fused-ring (bicyclic) bond motifs is 4. The number of ether oxygens (including phenoxy) is 1. The van der Waals surface area contributed by atoms with E-state index in [4.69, 9.17) is 4.74 Å². The maximum Gasteiger partial charge on any atom is 0.162 e. The normalized spacial score (nSPS) is 33.2. The number of methoxy groups -OCH3 is 1. The van der Waals surface area contributed by atoms with Gasteiger partial charge in [-0.05, 0) is 85.5 Å². The van der Waals surface area contributed by atoms with Crippen molar-refractivity contribution in [3.8, 4) is 0 Å². The molecule has 1 aromatic rings. The number of benzene rings is 1. The summed E-state index contributed by atoms with van der Waals surface area (Å²) in [7, 11) is 1.61. The third kappa shape index (κ3) is 3.67. The van der Waals surface area contributed by atoms with Crippen LogP contribution in [0.15, 0.2) is 47.1 Å². The summed E-state index contributed by atoms with van der Waals surface area (Å²) in [5.74, 6) is 1.75. The summed E-state index contributed by atoms with van der Waals surface area (Å²) >= 11 is 0. The Balaban J connectivity index is 1.52. The molecule has 0 radical (unpaired) electrons. The first kappa shape index (κ1) is 22.5. The Morgan fingerprint density at radius 3 is 2.55 bits per heavy atom. The van der Waals surface area contributed by atoms with Crippen molar-refractivity contribution >= 4 is 17.3 Å². The second-order valence-corrected chi connectivity index (χ2v) is 10.8. The molecule has 0 aliphatic heterocycles. The molecule has 0 bridgehead atoms. The number of rotatable bonds is 5. The van der Waals surface area contributed by atoms with Crippen molar-refractivity contribution < 1.29 is 19.1 Å². The van der Waals surface area contributed by atoms with Crippen LogP contribution < -0.4 is 0 Å². The van der Waals surface area contributed by atoms with Crippen LogP contribution in [0.25, 0.3) is 0 Å². The molecule has 4 heteroatoms. The van der Waals surface area contributed by atoms with Crippen LogP contribution in [0.2, 0.25) is 0 Å². The molecule has 0 saturated heterocycles. The van der Waals surface area contributed by atoms with Crippen LogP contribution in [-0.4, -0.2) is 31.1 Å². The molecule has 0 unspecified atom stereocenters. The standard InChI is InChI=1S/C29H34O4/c1-17(30)18-4-6-19(7-5-18)24-15-21(31)14-20-8-9-22-23(28(20)24)12-13-29(2)25(22)10-11-26(29)27(32)16-33-3/h4-7,14,22,24-26H,8-13,15-16H2,1-3H3/t22-,24+,25+,26-,29+/m1/s1. The quantitative estimate of drug-likeness (QED) is 0.551. The number of carbonyl (C=O) groups excluding carboxylic acids is 3. The molecule has 5 rings (SSSR count). The van der Waals surface area contributed by atoms with Crippen molar-refractivity contribution in [3.05, 3.63) is 58.2 Å². The number of ketones is 3. The van der Waals surface area contributed by atoms with Gasteiger partial charge < -0.3 is 4.74 Å². The molecule has 4 aliphatic rings. The number of allylic oxidation sites excluding steroid dienone is 4. The van der Waals surface area contributed by atoms with Crippen LogP contribution in [0.4, 0.5) is 0 Å². The maximum atomic E-state index is 12.8. The minimum absolute atomic E-state index is 0.0503. The molecule has 0 amide bonds. The van der Waals surface area contributed by atoms with E-state index < -0.39 is 0 Å². The first-order valence-electron chi connectivity index (χ1n) is 12.4. The van der Waals surface area contributed by atoms with Crippen molar-refractivity contribution in [1.29, 1.82) is 0 Å². The van der Waals surface area contributed by atoms with Crippen molar-refractivity contribution in [3.63, 3.8) is 0 Å². The van der Waals surface area contributed by atoms with Crippen molar-refractivity contribution in [2.75, 3.05) is 13.7 Å². The second-order valence-electron chi connectivity index (χ2n) is 10.8. The summed E-state index contributed by atoms with van der Waals surface area (Å²) in [4.78, 5) is 37.2. The molecule has 0 N–H and O–H groups in total. The van der Waals surface area contributed by atoms with E-state index in [2.05, 4.69) is 6.92 Å². The molecule has 33 heavy (non-hydrogen) atoms. The molecule has 5 atom stereocenters. The van der Waals surface area contributed by atoms with E-state index in [1.54, 1.807) is 19.6 Å². The highest BCUT2D eigenvalue weighted by Gasteiger charge is 2.55. The van der Waals surface area contributed by atoms with E-state index in [0.717, 1.165) is 44.1 Å². The van der Waals surface area contributed by atoms with E-state index in [1.807, 2.05) is 30.3 Å². The van der Waals surface area contributed by atoms with E-state index in [9.17, 15) is 14.4 Å². The number of hydrogen-bond acceptors (Lipinski definition) is 4. The molecule has 2 fully saturated rings. The largest absolute Gasteiger partial charge is 0.377 e. The van der Waals surface area contributed by atoms with Gasteiger partial charge in [0.2, 0.25) is 0 Å². The minimum atomic E-state index is 0.0503. The summed E-state index contributed by atoms with van der Waals surface area (Å²) in [5, 5.41) is 0. The zero-order valence-electron chi connectivity index (χ0n) is 20.0. The van der Waals surface area contributed by atoms with Gasteiger partial charge in [0.1, 0.15) is 6.61 Å². The maximum absolute atomic E-state index is 12.8. The topological polar surface area (TPSA) is 60.4 Å². The molecule has 1 aromatic carbocycles. The summed E-state index contributed by atoms with van der Waals surface area (Å²) < 4.78 is 5.19. The molecule has 174 valence electrons. The fraction of sp³-hybridized carbons (Fsp3) is 0.552. The van der Waals surface area contributed by atoms with Gasteiger partial charge in [-0.15, -0.1) is 0 Å². The Hall–Kier alpha value is -2.33. The smallest absolute Gasteiger partial charge is 0.162 e. The van der Waals surface area contributed by atoms with E-state index in [-0.39, 0.29) is 41.2 Å².